The van der Waals surface area contributed by atoms with Gasteiger partial charge in [-0.15, -0.1) is 0 Å². The summed E-state index contributed by atoms with van der Waals surface area (Å²) in [5.41, 5.74) is -0.122. The molecule has 3 heterocycles. The lowest BCUT2D eigenvalue weighted by atomic mass is 10.1. The second kappa shape index (κ2) is 9.90. The quantitative estimate of drug-likeness (QED) is 0.568. The number of nitrogens with zero attached hydrogens (tertiary/aromatic N) is 2. The van der Waals surface area contributed by atoms with Crippen molar-refractivity contribution in [2.24, 2.45) is 0 Å². The summed E-state index contributed by atoms with van der Waals surface area (Å²) in [5, 5.41) is 2.49. The molecule has 3 aromatic rings. The Bertz CT molecular complexity index is 1380. The highest BCUT2D eigenvalue weighted by atomic mass is 19.1. The highest BCUT2D eigenvalue weighted by Gasteiger charge is 2.38. The molecule has 10 heteroatoms. The molecule has 2 amide bonds. The van der Waals surface area contributed by atoms with Crippen LogP contribution in [0.3, 0.4) is 0 Å². The van der Waals surface area contributed by atoms with Crippen LogP contribution < -0.4 is 15.5 Å². The highest BCUT2D eigenvalue weighted by molar-refractivity contribution is 5.99. The van der Waals surface area contributed by atoms with Crippen molar-refractivity contribution in [3.63, 3.8) is 0 Å². The van der Waals surface area contributed by atoms with E-state index in [-0.39, 0.29) is 42.3 Å². The number of amides is 2. The van der Waals surface area contributed by atoms with Crippen molar-refractivity contribution in [1.29, 1.82) is 0 Å². The Morgan fingerprint density at radius 2 is 1.94 bits per heavy atom. The fraction of sp³-hybridized carbons (Fsp3) is 0.269. The lowest BCUT2D eigenvalue weighted by molar-refractivity contribution is -0.0920. The summed E-state index contributed by atoms with van der Waals surface area (Å²) in [6.07, 6.45) is 1.46. The number of hydrogen-bond donors (Lipinski definition) is 1. The Kier molecular flexibility index (Phi) is 6.51. The third-order valence-corrected chi connectivity index (χ3v) is 6.18. The average Bonchev–Trinajstić information content (AvgIpc) is 2.88. The molecule has 1 fully saturated rings. The van der Waals surface area contributed by atoms with Gasteiger partial charge >= 0.3 is 0 Å². The molecule has 186 valence electrons. The molecule has 1 aromatic heterocycles. The summed E-state index contributed by atoms with van der Waals surface area (Å²) in [6.45, 7) is 0.960. The van der Waals surface area contributed by atoms with E-state index >= 15 is 0 Å². The number of fused-ring (bicyclic) bond motifs is 2. The fourth-order valence-corrected chi connectivity index (χ4v) is 4.34. The number of halogens is 2. The van der Waals surface area contributed by atoms with Gasteiger partial charge in [-0.25, -0.2) is 8.78 Å². The zero-order valence-corrected chi connectivity index (χ0v) is 19.2. The van der Waals surface area contributed by atoms with E-state index in [1.165, 1.54) is 16.8 Å². The van der Waals surface area contributed by atoms with Crippen LogP contribution in [0.25, 0.3) is 0 Å². The molecule has 0 aliphatic carbocycles. The van der Waals surface area contributed by atoms with Crippen LogP contribution in [0.5, 0.6) is 5.75 Å². The van der Waals surface area contributed by atoms with Crippen molar-refractivity contribution in [2.45, 2.75) is 32.3 Å². The van der Waals surface area contributed by atoms with E-state index in [1.54, 1.807) is 4.90 Å². The first-order valence-electron chi connectivity index (χ1n) is 11.5. The first kappa shape index (κ1) is 23.7. The summed E-state index contributed by atoms with van der Waals surface area (Å²) in [4.78, 5) is 41.3. The molecule has 0 radical (unpaired) electrons. The van der Waals surface area contributed by atoms with Crippen LogP contribution in [0.4, 0.5) is 8.78 Å². The van der Waals surface area contributed by atoms with Crippen molar-refractivity contribution >= 4 is 11.8 Å². The van der Waals surface area contributed by atoms with Gasteiger partial charge in [-0.3, -0.25) is 14.4 Å². The first-order chi connectivity index (χ1) is 17.4. The Morgan fingerprint density at radius 1 is 1.14 bits per heavy atom. The standard InChI is InChI=1S/C26H23F2N3O5/c27-18-8-7-17(20(28)11-18)12-29-25(33)19-13-30-14-21-31(9-4-10-35-21)26(34)22(30)24(23(19)32)36-15-16-5-2-1-3-6-16/h1-3,5-8,11,13,21H,4,9-10,12,14-15H2,(H,29,33). The predicted octanol–water partition coefficient (Wildman–Crippen LogP) is 2.84. The van der Waals surface area contributed by atoms with Gasteiger partial charge in [0.05, 0.1) is 13.2 Å². The van der Waals surface area contributed by atoms with Gasteiger partial charge < -0.3 is 24.3 Å². The molecule has 36 heavy (non-hydrogen) atoms. The molecule has 8 nitrogen and oxygen atoms in total. The third kappa shape index (κ3) is 4.59. The van der Waals surface area contributed by atoms with E-state index in [4.69, 9.17) is 9.47 Å². The van der Waals surface area contributed by atoms with Gasteiger partial charge in [-0.05, 0) is 18.1 Å². The fourth-order valence-electron chi connectivity index (χ4n) is 4.34. The minimum atomic E-state index is -0.815. The zero-order chi connectivity index (χ0) is 25.2. The smallest absolute Gasteiger partial charge is 0.276 e. The lowest BCUT2D eigenvalue weighted by Gasteiger charge is -2.40. The van der Waals surface area contributed by atoms with Gasteiger partial charge in [0.25, 0.3) is 11.8 Å². The summed E-state index contributed by atoms with van der Waals surface area (Å²) < 4.78 is 40.3. The summed E-state index contributed by atoms with van der Waals surface area (Å²) in [7, 11) is 0. The van der Waals surface area contributed by atoms with E-state index < -0.39 is 35.1 Å². The molecule has 2 aliphatic heterocycles. The van der Waals surface area contributed by atoms with Crippen LogP contribution in [0.1, 0.15) is 38.4 Å². The number of ether oxygens (including phenoxy) is 2. The number of aromatic nitrogens is 1. The topological polar surface area (TPSA) is 89.9 Å². The van der Waals surface area contributed by atoms with Gasteiger partial charge in [0.1, 0.15) is 23.8 Å². The molecule has 2 aliphatic rings. The number of pyridine rings is 1. The maximum atomic E-state index is 14.0. The average molecular weight is 495 g/mol. The summed E-state index contributed by atoms with van der Waals surface area (Å²) in [6, 6.07) is 12.1. The lowest BCUT2D eigenvalue weighted by Crippen LogP contribution is -2.53. The van der Waals surface area contributed by atoms with Crippen LogP contribution in [-0.2, 0) is 24.4 Å². The van der Waals surface area contributed by atoms with E-state index in [0.29, 0.717) is 25.6 Å². The van der Waals surface area contributed by atoms with Crippen molar-refractivity contribution in [3.8, 4) is 5.75 Å². The highest BCUT2D eigenvalue weighted by Crippen LogP contribution is 2.27. The zero-order valence-electron chi connectivity index (χ0n) is 19.2. The maximum Gasteiger partial charge on any atom is 0.276 e. The monoisotopic (exact) mass is 495 g/mol. The normalized spacial score (nSPS) is 16.8. The molecule has 0 bridgehead atoms. The molecule has 1 N–H and O–H groups in total. The molecular formula is C26H23F2N3O5. The van der Waals surface area contributed by atoms with E-state index in [1.807, 2.05) is 30.3 Å². The van der Waals surface area contributed by atoms with Gasteiger partial charge in [0.15, 0.2) is 17.7 Å². The minimum Gasteiger partial charge on any atom is -0.483 e. The molecular weight excluding hydrogens is 472 g/mol. The second-order valence-corrected chi connectivity index (χ2v) is 8.57. The maximum absolute atomic E-state index is 14.0. The van der Waals surface area contributed by atoms with Gasteiger partial charge in [0.2, 0.25) is 5.43 Å². The number of benzene rings is 2. The van der Waals surface area contributed by atoms with Crippen LogP contribution >= 0.6 is 0 Å². The Labute approximate surface area is 205 Å². The summed E-state index contributed by atoms with van der Waals surface area (Å²) in [5.74, 6) is -2.97. The van der Waals surface area contributed by atoms with Gasteiger partial charge in [-0.2, -0.15) is 0 Å². The predicted molar refractivity (Wildman–Crippen MR) is 124 cm³/mol. The van der Waals surface area contributed by atoms with Crippen LogP contribution in [0, 0.1) is 11.6 Å². The number of rotatable bonds is 6. The van der Waals surface area contributed by atoms with Crippen LogP contribution in [0.15, 0.2) is 59.5 Å². The van der Waals surface area contributed by atoms with E-state index in [0.717, 1.165) is 11.6 Å². The van der Waals surface area contributed by atoms with E-state index in [2.05, 4.69) is 5.32 Å². The molecule has 5 rings (SSSR count). The molecule has 2 aromatic carbocycles. The number of nitrogens with one attached hydrogen (secondary N) is 1. The van der Waals surface area contributed by atoms with Crippen LogP contribution in [-0.4, -0.2) is 40.7 Å². The summed E-state index contributed by atoms with van der Waals surface area (Å²) >= 11 is 0. The number of carbonyl (C=O) groups is 2. The van der Waals surface area contributed by atoms with Crippen molar-refractivity contribution in [3.05, 3.63) is 99.0 Å². The Morgan fingerprint density at radius 3 is 2.72 bits per heavy atom. The molecule has 1 unspecified atom stereocenters. The molecule has 0 spiro atoms. The SMILES string of the molecule is O=C(NCc1ccc(F)cc1F)c1cn2c(c(OCc3ccccc3)c1=O)C(=O)N1CCCOC1C2. The molecule has 1 atom stereocenters. The first-order valence-corrected chi connectivity index (χ1v) is 11.5. The minimum absolute atomic E-state index is 0.0160. The largest absolute Gasteiger partial charge is 0.483 e. The Hall–Kier alpha value is -4.05. The van der Waals surface area contributed by atoms with Crippen LogP contribution in [0.2, 0.25) is 0 Å². The van der Waals surface area contributed by atoms with Crippen molar-refractivity contribution < 1.29 is 27.8 Å². The number of carbonyl (C=O) groups excluding carboxylic acids is 2. The van der Waals surface area contributed by atoms with Crippen molar-refractivity contribution in [2.75, 3.05) is 13.2 Å². The molecule has 0 saturated carbocycles. The molecule has 1 saturated heterocycles. The van der Waals surface area contributed by atoms with Gasteiger partial charge in [0, 0.05) is 30.9 Å². The third-order valence-electron chi connectivity index (χ3n) is 6.18. The number of hydrogen-bond acceptors (Lipinski definition) is 5. The van der Waals surface area contributed by atoms with E-state index in [9.17, 15) is 23.2 Å². The van der Waals surface area contributed by atoms with Gasteiger partial charge in [-0.1, -0.05) is 36.4 Å². The second-order valence-electron chi connectivity index (χ2n) is 8.57. The Balaban J connectivity index is 1.49. The van der Waals surface area contributed by atoms with Crippen molar-refractivity contribution in [1.82, 2.24) is 14.8 Å².